The van der Waals surface area contributed by atoms with Crippen LogP contribution in [0.15, 0.2) is 30.5 Å². The topological polar surface area (TPSA) is 72.5 Å². The SMILES string of the molecule is COc1ccc([C@@H]2OCC[C@H]2NC(=O)Nc2cc(F)cc(F)c2F)cn1. The molecule has 0 spiro atoms. The lowest BCUT2D eigenvalue weighted by Gasteiger charge is -2.20. The second kappa shape index (κ2) is 7.61. The van der Waals surface area contributed by atoms with E-state index in [-0.39, 0.29) is 0 Å². The van der Waals surface area contributed by atoms with Crippen LogP contribution in [-0.4, -0.2) is 30.8 Å². The summed E-state index contributed by atoms with van der Waals surface area (Å²) in [5, 5.41) is 4.74. The molecule has 9 heteroatoms. The number of amides is 2. The number of pyridine rings is 1. The first-order chi connectivity index (χ1) is 12.5. The van der Waals surface area contributed by atoms with E-state index >= 15 is 0 Å². The number of carbonyl (C=O) groups is 1. The largest absolute Gasteiger partial charge is 0.481 e. The number of urea groups is 1. The molecule has 138 valence electrons. The minimum absolute atomic E-state index is 0.399. The van der Waals surface area contributed by atoms with Gasteiger partial charge in [-0.15, -0.1) is 0 Å². The second-order valence-electron chi connectivity index (χ2n) is 5.67. The molecule has 1 saturated heterocycles. The molecule has 0 unspecified atom stereocenters. The van der Waals surface area contributed by atoms with Gasteiger partial charge < -0.3 is 20.1 Å². The van der Waals surface area contributed by atoms with Crippen molar-refractivity contribution in [2.75, 3.05) is 19.0 Å². The number of benzene rings is 1. The molecule has 1 aromatic carbocycles. The van der Waals surface area contributed by atoms with Gasteiger partial charge in [0.05, 0.1) is 18.8 Å². The van der Waals surface area contributed by atoms with Crippen molar-refractivity contribution in [1.29, 1.82) is 0 Å². The van der Waals surface area contributed by atoms with Crippen LogP contribution in [-0.2, 0) is 4.74 Å². The van der Waals surface area contributed by atoms with Gasteiger partial charge in [0, 0.05) is 36.6 Å². The standard InChI is InChI=1S/C17H16F3N3O3/c1-25-14-3-2-9(8-21-14)16-12(4-5-26-16)22-17(24)23-13-7-10(18)6-11(19)15(13)20/h2-3,6-8,12,16H,4-5H2,1H3,(H2,22,23,24)/t12-,16+/m1/s1. The third-order valence-electron chi connectivity index (χ3n) is 3.95. The van der Waals surface area contributed by atoms with E-state index in [9.17, 15) is 18.0 Å². The molecule has 0 aliphatic carbocycles. The second-order valence-corrected chi connectivity index (χ2v) is 5.67. The normalized spacial score (nSPS) is 19.2. The Labute approximate surface area is 147 Å². The summed E-state index contributed by atoms with van der Waals surface area (Å²) in [6, 6.07) is 3.32. The summed E-state index contributed by atoms with van der Waals surface area (Å²) in [4.78, 5) is 16.2. The molecule has 6 nitrogen and oxygen atoms in total. The highest BCUT2D eigenvalue weighted by Gasteiger charge is 2.31. The number of ether oxygens (including phenoxy) is 2. The molecule has 0 saturated carbocycles. The number of nitrogens with zero attached hydrogens (tertiary/aromatic N) is 1. The predicted molar refractivity (Wildman–Crippen MR) is 86.4 cm³/mol. The molecular formula is C17H16F3N3O3. The van der Waals surface area contributed by atoms with Crippen molar-refractivity contribution >= 4 is 11.7 Å². The van der Waals surface area contributed by atoms with Crippen molar-refractivity contribution in [2.45, 2.75) is 18.6 Å². The van der Waals surface area contributed by atoms with Gasteiger partial charge in [-0.05, 0) is 12.5 Å². The molecule has 1 aromatic heterocycles. The van der Waals surface area contributed by atoms with Crippen LogP contribution < -0.4 is 15.4 Å². The van der Waals surface area contributed by atoms with Crippen molar-refractivity contribution in [3.05, 3.63) is 53.5 Å². The van der Waals surface area contributed by atoms with Crippen LogP contribution in [0.4, 0.5) is 23.7 Å². The molecule has 0 bridgehead atoms. The Balaban J connectivity index is 1.68. The first kappa shape index (κ1) is 18.0. The van der Waals surface area contributed by atoms with Gasteiger partial charge in [-0.25, -0.2) is 22.9 Å². The zero-order valence-corrected chi connectivity index (χ0v) is 13.8. The van der Waals surface area contributed by atoms with Crippen molar-refractivity contribution in [3.8, 4) is 5.88 Å². The lowest BCUT2D eigenvalue weighted by atomic mass is 10.0. The highest BCUT2D eigenvalue weighted by atomic mass is 19.2. The molecule has 1 fully saturated rings. The number of hydrogen-bond donors (Lipinski definition) is 2. The third kappa shape index (κ3) is 3.88. The molecule has 1 aliphatic rings. The molecule has 1 aliphatic heterocycles. The molecule has 2 aromatic rings. The van der Waals surface area contributed by atoms with Crippen molar-refractivity contribution in [1.82, 2.24) is 10.3 Å². The van der Waals surface area contributed by atoms with E-state index in [1.165, 1.54) is 7.11 Å². The van der Waals surface area contributed by atoms with Crippen molar-refractivity contribution in [2.24, 2.45) is 0 Å². The Morgan fingerprint density at radius 2 is 2.12 bits per heavy atom. The molecular weight excluding hydrogens is 351 g/mol. The molecule has 2 atom stereocenters. The van der Waals surface area contributed by atoms with Crippen molar-refractivity contribution < 1.29 is 27.4 Å². The Morgan fingerprint density at radius 3 is 2.81 bits per heavy atom. The highest BCUT2D eigenvalue weighted by Crippen LogP contribution is 2.29. The van der Waals surface area contributed by atoms with Crippen LogP contribution in [0.25, 0.3) is 0 Å². The smallest absolute Gasteiger partial charge is 0.319 e. The van der Waals surface area contributed by atoms with E-state index in [0.29, 0.717) is 31.0 Å². The summed E-state index contributed by atoms with van der Waals surface area (Å²) >= 11 is 0. The summed E-state index contributed by atoms with van der Waals surface area (Å²) in [7, 11) is 1.50. The van der Waals surface area contributed by atoms with E-state index < -0.39 is 41.3 Å². The van der Waals surface area contributed by atoms with Gasteiger partial charge in [0.1, 0.15) is 11.9 Å². The zero-order valence-electron chi connectivity index (χ0n) is 13.8. The van der Waals surface area contributed by atoms with Gasteiger partial charge >= 0.3 is 6.03 Å². The van der Waals surface area contributed by atoms with Crippen LogP contribution in [0.1, 0.15) is 18.1 Å². The monoisotopic (exact) mass is 367 g/mol. The molecule has 2 heterocycles. The van der Waals surface area contributed by atoms with Gasteiger partial charge in [0.2, 0.25) is 5.88 Å². The molecule has 2 N–H and O–H groups in total. The van der Waals surface area contributed by atoms with Gasteiger partial charge in [-0.2, -0.15) is 0 Å². The molecule has 26 heavy (non-hydrogen) atoms. The van der Waals surface area contributed by atoms with E-state index in [2.05, 4.69) is 15.6 Å². The quantitative estimate of drug-likeness (QED) is 0.815. The Bertz CT molecular complexity index is 802. The molecule has 3 rings (SSSR count). The zero-order chi connectivity index (χ0) is 18.7. The molecule has 2 amide bonds. The number of aromatic nitrogens is 1. The Morgan fingerprint density at radius 1 is 1.31 bits per heavy atom. The fourth-order valence-corrected chi connectivity index (χ4v) is 2.72. The average Bonchev–Trinajstić information content (AvgIpc) is 3.07. The number of nitrogens with one attached hydrogen (secondary N) is 2. The predicted octanol–water partition coefficient (Wildman–Crippen LogP) is 3.16. The van der Waals surface area contributed by atoms with Gasteiger partial charge in [0.25, 0.3) is 0 Å². The Hall–Kier alpha value is -2.81. The number of carbonyl (C=O) groups excluding carboxylic acids is 1. The van der Waals surface area contributed by atoms with Crippen LogP contribution in [0.5, 0.6) is 5.88 Å². The van der Waals surface area contributed by atoms with E-state index in [4.69, 9.17) is 9.47 Å². The third-order valence-corrected chi connectivity index (χ3v) is 3.95. The highest BCUT2D eigenvalue weighted by molar-refractivity contribution is 5.89. The van der Waals surface area contributed by atoms with Crippen LogP contribution in [0.3, 0.4) is 0 Å². The van der Waals surface area contributed by atoms with Gasteiger partial charge in [-0.3, -0.25) is 0 Å². The van der Waals surface area contributed by atoms with Crippen LogP contribution in [0.2, 0.25) is 0 Å². The summed E-state index contributed by atoms with van der Waals surface area (Å²) in [5.41, 5.74) is 0.151. The number of anilines is 1. The number of hydrogen-bond acceptors (Lipinski definition) is 4. The van der Waals surface area contributed by atoms with Gasteiger partial charge in [-0.1, -0.05) is 0 Å². The number of rotatable bonds is 4. The van der Waals surface area contributed by atoms with Crippen LogP contribution in [0, 0.1) is 17.5 Å². The fraction of sp³-hybridized carbons (Fsp3) is 0.294. The van der Waals surface area contributed by atoms with E-state index in [0.717, 1.165) is 5.56 Å². The number of halogens is 3. The summed E-state index contributed by atoms with van der Waals surface area (Å²) in [6.45, 7) is 0.407. The van der Waals surface area contributed by atoms with Gasteiger partial charge in [0.15, 0.2) is 11.6 Å². The fourth-order valence-electron chi connectivity index (χ4n) is 2.72. The van der Waals surface area contributed by atoms with E-state index in [1.807, 2.05) is 0 Å². The maximum Gasteiger partial charge on any atom is 0.319 e. The maximum absolute atomic E-state index is 13.6. The minimum atomic E-state index is -1.38. The van der Waals surface area contributed by atoms with Crippen LogP contribution >= 0.6 is 0 Å². The lowest BCUT2D eigenvalue weighted by molar-refractivity contribution is 0.100. The number of methoxy groups -OCH3 is 1. The first-order valence-electron chi connectivity index (χ1n) is 7.81. The first-order valence-corrected chi connectivity index (χ1v) is 7.81. The van der Waals surface area contributed by atoms with E-state index in [1.54, 1.807) is 18.3 Å². The minimum Gasteiger partial charge on any atom is -0.481 e. The lowest BCUT2D eigenvalue weighted by Crippen LogP contribution is -2.39. The maximum atomic E-state index is 13.6. The summed E-state index contributed by atoms with van der Waals surface area (Å²) < 4.78 is 50.7. The van der Waals surface area contributed by atoms with Crippen molar-refractivity contribution in [3.63, 3.8) is 0 Å². The summed E-state index contributed by atoms with van der Waals surface area (Å²) in [6.07, 6.45) is 1.64. The molecule has 0 radical (unpaired) electrons. The average molecular weight is 367 g/mol. The summed E-state index contributed by atoms with van der Waals surface area (Å²) in [5.74, 6) is -3.27. The Kier molecular flexibility index (Phi) is 5.27.